The third kappa shape index (κ3) is 2.87. The summed E-state index contributed by atoms with van der Waals surface area (Å²) < 4.78 is 13.1. The van der Waals surface area contributed by atoms with E-state index in [-0.39, 0.29) is 5.82 Å². The Hall–Kier alpha value is -1.88. The van der Waals surface area contributed by atoms with Crippen molar-refractivity contribution in [2.24, 2.45) is 0 Å². The number of hydrogen-bond acceptors (Lipinski definition) is 3. The Morgan fingerprint density at radius 3 is 2.83 bits per heavy atom. The zero-order chi connectivity index (χ0) is 13.1. The number of carboxylic acid groups (broad SMARTS) is 1. The molecule has 2 rings (SSSR count). The summed E-state index contributed by atoms with van der Waals surface area (Å²) >= 11 is 1.21. The van der Waals surface area contributed by atoms with E-state index in [0.717, 1.165) is 16.1 Å². The Bertz CT molecular complexity index is 580. The normalized spacial score (nSPS) is 10.3. The molecule has 0 bridgehead atoms. The van der Waals surface area contributed by atoms with Crippen molar-refractivity contribution in [1.29, 1.82) is 0 Å². The molecule has 0 spiro atoms. The van der Waals surface area contributed by atoms with E-state index in [4.69, 9.17) is 5.11 Å². The minimum atomic E-state index is -0.923. The Kier molecular flexibility index (Phi) is 3.62. The second-order valence-corrected chi connectivity index (χ2v) is 5.05. The maximum Gasteiger partial charge on any atom is 0.345 e. The molecule has 2 aromatic rings. The van der Waals surface area contributed by atoms with Gasteiger partial charge < -0.3 is 10.4 Å². The smallest absolute Gasteiger partial charge is 0.345 e. The molecule has 0 saturated heterocycles. The molecule has 0 amide bonds. The monoisotopic (exact) mass is 265 g/mol. The predicted octanol–water partition coefficient (Wildman–Crippen LogP) is 3.51. The van der Waals surface area contributed by atoms with Crippen molar-refractivity contribution in [1.82, 2.24) is 0 Å². The summed E-state index contributed by atoms with van der Waals surface area (Å²) in [7, 11) is 0. The van der Waals surface area contributed by atoms with Crippen LogP contribution in [-0.4, -0.2) is 11.1 Å². The van der Waals surface area contributed by atoms with E-state index in [1.165, 1.54) is 23.5 Å². The second kappa shape index (κ2) is 5.18. The maximum atomic E-state index is 13.1. The number of thiophene rings is 1. The van der Waals surface area contributed by atoms with Crippen molar-refractivity contribution in [2.45, 2.75) is 13.5 Å². The van der Waals surface area contributed by atoms with E-state index in [2.05, 4.69) is 5.32 Å². The molecule has 5 heteroatoms. The van der Waals surface area contributed by atoms with Crippen LogP contribution in [0.1, 0.15) is 20.1 Å². The van der Waals surface area contributed by atoms with Gasteiger partial charge in [-0.1, -0.05) is 6.07 Å². The number of halogens is 1. The highest BCUT2D eigenvalue weighted by Gasteiger charge is 2.07. The van der Waals surface area contributed by atoms with Crippen LogP contribution in [0, 0.1) is 12.7 Å². The Labute approximate surface area is 108 Å². The lowest BCUT2D eigenvalue weighted by Gasteiger charge is -2.08. The third-order valence-electron chi connectivity index (χ3n) is 2.53. The van der Waals surface area contributed by atoms with Gasteiger partial charge in [-0.15, -0.1) is 11.3 Å². The van der Waals surface area contributed by atoms with Crippen LogP contribution in [-0.2, 0) is 6.54 Å². The fourth-order valence-corrected chi connectivity index (χ4v) is 2.34. The van der Waals surface area contributed by atoms with Crippen LogP contribution in [0.2, 0.25) is 0 Å². The number of aromatic carboxylic acids is 1. The fourth-order valence-electron chi connectivity index (χ4n) is 1.55. The van der Waals surface area contributed by atoms with E-state index >= 15 is 0 Å². The van der Waals surface area contributed by atoms with Crippen molar-refractivity contribution in [3.8, 4) is 0 Å². The van der Waals surface area contributed by atoms with Gasteiger partial charge in [0.1, 0.15) is 10.7 Å². The number of aryl methyl sites for hydroxylation is 1. The van der Waals surface area contributed by atoms with E-state index in [1.807, 2.05) is 6.92 Å². The van der Waals surface area contributed by atoms with Crippen LogP contribution in [0.5, 0.6) is 0 Å². The van der Waals surface area contributed by atoms with Crippen LogP contribution in [0.4, 0.5) is 10.1 Å². The molecule has 2 N–H and O–H groups in total. The lowest BCUT2D eigenvalue weighted by Crippen LogP contribution is -1.99. The van der Waals surface area contributed by atoms with Gasteiger partial charge in [0.25, 0.3) is 0 Å². The van der Waals surface area contributed by atoms with Gasteiger partial charge in [0.15, 0.2) is 0 Å². The number of carbonyl (C=O) groups is 1. The average Bonchev–Trinajstić information content (AvgIpc) is 2.79. The van der Waals surface area contributed by atoms with Gasteiger partial charge in [-0.3, -0.25) is 0 Å². The summed E-state index contributed by atoms with van der Waals surface area (Å²) in [6.07, 6.45) is 0. The zero-order valence-electron chi connectivity index (χ0n) is 9.74. The predicted molar refractivity (Wildman–Crippen MR) is 69.7 cm³/mol. The highest BCUT2D eigenvalue weighted by atomic mass is 32.1. The number of anilines is 1. The highest BCUT2D eigenvalue weighted by Crippen LogP contribution is 2.20. The van der Waals surface area contributed by atoms with Crippen LogP contribution < -0.4 is 5.32 Å². The van der Waals surface area contributed by atoms with Gasteiger partial charge >= 0.3 is 5.97 Å². The fraction of sp³-hybridized carbons (Fsp3) is 0.154. The van der Waals surface area contributed by atoms with Crippen LogP contribution in [0.15, 0.2) is 30.3 Å². The summed E-state index contributed by atoms with van der Waals surface area (Å²) in [5, 5.41) is 11.9. The minimum absolute atomic E-state index is 0.291. The maximum absolute atomic E-state index is 13.1. The lowest BCUT2D eigenvalue weighted by molar-refractivity contribution is 0.0702. The first-order valence-electron chi connectivity index (χ1n) is 5.38. The molecule has 18 heavy (non-hydrogen) atoms. The Morgan fingerprint density at radius 2 is 2.17 bits per heavy atom. The van der Waals surface area contributed by atoms with Gasteiger partial charge in [-0.25, -0.2) is 9.18 Å². The Morgan fingerprint density at radius 1 is 1.39 bits per heavy atom. The van der Waals surface area contributed by atoms with Crippen LogP contribution >= 0.6 is 11.3 Å². The molecule has 0 aliphatic heterocycles. The lowest BCUT2D eigenvalue weighted by atomic mass is 10.2. The molecule has 0 fully saturated rings. The van der Waals surface area contributed by atoms with Gasteiger partial charge in [-0.05, 0) is 36.8 Å². The molecule has 94 valence electrons. The molecule has 0 aliphatic carbocycles. The average molecular weight is 265 g/mol. The number of benzene rings is 1. The van der Waals surface area contributed by atoms with Crippen molar-refractivity contribution in [3.63, 3.8) is 0 Å². The third-order valence-corrected chi connectivity index (χ3v) is 3.60. The van der Waals surface area contributed by atoms with E-state index in [1.54, 1.807) is 18.2 Å². The molecule has 3 nitrogen and oxygen atoms in total. The van der Waals surface area contributed by atoms with E-state index in [9.17, 15) is 9.18 Å². The molecule has 0 radical (unpaired) electrons. The number of carboxylic acids is 1. The SMILES string of the molecule is Cc1ccc(F)cc1NCc1ccc(C(=O)O)s1. The number of hydrogen-bond donors (Lipinski definition) is 2. The first-order chi connectivity index (χ1) is 8.56. The molecule has 0 aliphatic rings. The molecular formula is C13H12FNO2S. The second-order valence-electron chi connectivity index (χ2n) is 3.88. The quantitative estimate of drug-likeness (QED) is 0.889. The van der Waals surface area contributed by atoms with Crippen molar-refractivity contribution >= 4 is 23.0 Å². The summed E-state index contributed by atoms with van der Waals surface area (Å²) in [4.78, 5) is 11.9. The summed E-state index contributed by atoms with van der Waals surface area (Å²) in [6, 6.07) is 7.88. The van der Waals surface area contributed by atoms with E-state index in [0.29, 0.717) is 11.4 Å². The summed E-state index contributed by atoms with van der Waals surface area (Å²) in [5.41, 5.74) is 1.67. The van der Waals surface area contributed by atoms with Crippen LogP contribution in [0.25, 0.3) is 0 Å². The van der Waals surface area contributed by atoms with Crippen LogP contribution in [0.3, 0.4) is 0 Å². The minimum Gasteiger partial charge on any atom is -0.477 e. The summed E-state index contributed by atoms with van der Waals surface area (Å²) in [6.45, 7) is 2.38. The van der Waals surface area contributed by atoms with Crippen molar-refractivity contribution in [3.05, 3.63) is 51.5 Å². The molecule has 1 heterocycles. The summed E-state index contributed by atoms with van der Waals surface area (Å²) in [5.74, 6) is -1.21. The molecule has 1 aromatic carbocycles. The standard InChI is InChI=1S/C13H12FNO2S/c1-8-2-3-9(14)6-11(8)15-7-10-4-5-12(18-10)13(16)17/h2-6,15H,7H2,1H3,(H,16,17). The molecular weight excluding hydrogens is 253 g/mol. The molecule has 0 saturated carbocycles. The number of rotatable bonds is 4. The molecule has 1 aromatic heterocycles. The largest absolute Gasteiger partial charge is 0.477 e. The first kappa shape index (κ1) is 12.6. The molecule has 0 atom stereocenters. The van der Waals surface area contributed by atoms with Gasteiger partial charge in [0.05, 0.1) is 0 Å². The van der Waals surface area contributed by atoms with Gasteiger partial charge in [0.2, 0.25) is 0 Å². The van der Waals surface area contributed by atoms with Crippen molar-refractivity contribution < 1.29 is 14.3 Å². The zero-order valence-corrected chi connectivity index (χ0v) is 10.6. The number of nitrogens with one attached hydrogen (secondary N) is 1. The van der Waals surface area contributed by atoms with Crippen molar-refractivity contribution in [2.75, 3.05) is 5.32 Å². The molecule has 0 unspecified atom stereocenters. The Balaban J connectivity index is 2.06. The highest BCUT2D eigenvalue weighted by molar-refractivity contribution is 7.13. The topological polar surface area (TPSA) is 49.3 Å². The van der Waals surface area contributed by atoms with E-state index < -0.39 is 5.97 Å². The van der Waals surface area contributed by atoms with Gasteiger partial charge in [-0.2, -0.15) is 0 Å². The first-order valence-corrected chi connectivity index (χ1v) is 6.20. The van der Waals surface area contributed by atoms with Gasteiger partial charge in [0, 0.05) is 17.1 Å².